The van der Waals surface area contributed by atoms with Crippen LogP contribution in [-0.4, -0.2) is 34.8 Å². The van der Waals surface area contributed by atoms with Gasteiger partial charge in [0.2, 0.25) is 6.79 Å². The van der Waals surface area contributed by atoms with E-state index in [0.717, 1.165) is 16.8 Å². The first-order chi connectivity index (χ1) is 14.7. The molecule has 8 heteroatoms. The molecular formula is C22H18N4O4. The lowest BCUT2D eigenvalue weighted by Gasteiger charge is -2.07. The van der Waals surface area contributed by atoms with Gasteiger partial charge in [-0.05, 0) is 48.0 Å². The lowest BCUT2D eigenvalue weighted by atomic mass is 10.1. The highest BCUT2D eigenvalue weighted by molar-refractivity contribution is 6.06. The third-order valence-corrected chi connectivity index (χ3v) is 4.87. The van der Waals surface area contributed by atoms with Crippen LogP contribution in [0.4, 0.5) is 5.69 Å². The number of benzene rings is 3. The Balaban J connectivity index is 1.35. The minimum atomic E-state index is -0.238. The lowest BCUT2D eigenvalue weighted by molar-refractivity contribution is 0.102. The van der Waals surface area contributed by atoms with Gasteiger partial charge in [0.05, 0.1) is 19.2 Å². The third-order valence-electron chi connectivity index (χ3n) is 4.87. The minimum Gasteiger partial charge on any atom is -0.497 e. The van der Waals surface area contributed by atoms with Crippen LogP contribution in [0.1, 0.15) is 15.9 Å². The number of carbonyl (C=O) groups excluding carboxylic acids is 1. The molecule has 0 radical (unpaired) electrons. The molecule has 0 atom stereocenters. The molecule has 5 rings (SSSR count). The first-order valence-electron chi connectivity index (χ1n) is 9.37. The summed E-state index contributed by atoms with van der Waals surface area (Å²) in [7, 11) is 1.64. The van der Waals surface area contributed by atoms with Crippen molar-refractivity contribution in [2.45, 2.75) is 6.54 Å². The van der Waals surface area contributed by atoms with Crippen LogP contribution in [0.15, 0.2) is 60.7 Å². The Morgan fingerprint density at radius 1 is 1.10 bits per heavy atom. The predicted molar refractivity (Wildman–Crippen MR) is 110 cm³/mol. The zero-order chi connectivity index (χ0) is 20.5. The topological polar surface area (TPSA) is 87.5 Å². The Morgan fingerprint density at radius 2 is 2.00 bits per heavy atom. The summed E-state index contributed by atoms with van der Waals surface area (Å²) in [6.45, 7) is 0.741. The van der Waals surface area contributed by atoms with Gasteiger partial charge in [-0.25, -0.2) is 4.68 Å². The molecule has 2 heterocycles. The number of hydrogen-bond donors (Lipinski definition) is 1. The van der Waals surface area contributed by atoms with E-state index < -0.39 is 0 Å². The van der Waals surface area contributed by atoms with Gasteiger partial charge in [-0.2, -0.15) is 0 Å². The van der Waals surface area contributed by atoms with Crippen LogP contribution < -0.4 is 19.5 Å². The maximum Gasteiger partial charge on any atom is 0.255 e. The molecule has 0 bridgehead atoms. The van der Waals surface area contributed by atoms with Gasteiger partial charge in [-0.1, -0.05) is 17.3 Å². The highest BCUT2D eigenvalue weighted by Crippen LogP contribution is 2.34. The molecule has 0 saturated heterocycles. The van der Waals surface area contributed by atoms with E-state index in [2.05, 4.69) is 15.6 Å². The van der Waals surface area contributed by atoms with E-state index >= 15 is 0 Å². The van der Waals surface area contributed by atoms with Gasteiger partial charge in [0.1, 0.15) is 11.3 Å². The second kappa shape index (κ2) is 7.40. The van der Waals surface area contributed by atoms with Crippen molar-refractivity contribution >= 4 is 22.6 Å². The zero-order valence-electron chi connectivity index (χ0n) is 16.2. The van der Waals surface area contributed by atoms with Crippen molar-refractivity contribution in [2.24, 2.45) is 0 Å². The maximum atomic E-state index is 12.7. The van der Waals surface area contributed by atoms with E-state index in [4.69, 9.17) is 14.2 Å². The van der Waals surface area contributed by atoms with Crippen LogP contribution in [0, 0.1) is 0 Å². The molecule has 3 aromatic carbocycles. The molecule has 30 heavy (non-hydrogen) atoms. The summed E-state index contributed by atoms with van der Waals surface area (Å²) in [4.78, 5) is 12.7. The zero-order valence-corrected chi connectivity index (χ0v) is 16.2. The summed E-state index contributed by atoms with van der Waals surface area (Å²) in [5.41, 5.74) is 3.67. The number of fused-ring (bicyclic) bond motifs is 2. The monoisotopic (exact) mass is 402 g/mol. The van der Waals surface area contributed by atoms with Gasteiger partial charge in [-0.15, -0.1) is 5.10 Å². The summed E-state index contributed by atoms with van der Waals surface area (Å²) < 4.78 is 17.7. The van der Waals surface area contributed by atoms with Gasteiger partial charge in [0.25, 0.3) is 5.91 Å². The SMILES string of the molecule is COc1cccc(Cn2nnc3cc(C(=O)Nc4ccc5c(c4)OCO5)ccc32)c1. The number of ether oxygens (including phenoxy) is 3. The van der Waals surface area contributed by atoms with Crippen molar-refractivity contribution in [1.29, 1.82) is 0 Å². The number of anilines is 1. The molecule has 150 valence electrons. The molecule has 1 aliphatic rings. The predicted octanol–water partition coefficient (Wildman–Crippen LogP) is 3.47. The number of rotatable bonds is 5. The first kappa shape index (κ1) is 18.0. The molecule has 0 spiro atoms. The highest BCUT2D eigenvalue weighted by atomic mass is 16.7. The second-order valence-corrected chi connectivity index (χ2v) is 6.82. The molecule has 1 amide bonds. The lowest BCUT2D eigenvalue weighted by Crippen LogP contribution is -2.11. The summed E-state index contributed by atoms with van der Waals surface area (Å²) in [6, 6.07) is 18.4. The van der Waals surface area contributed by atoms with Gasteiger partial charge in [0, 0.05) is 17.3 Å². The van der Waals surface area contributed by atoms with Crippen LogP contribution in [0.3, 0.4) is 0 Å². The fourth-order valence-electron chi connectivity index (χ4n) is 3.35. The quantitative estimate of drug-likeness (QED) is 0.550. The summed E-state index contributed by atoms with van der Waals surface area (Å²) in [5.74, 6) is 1.84. The maximum absolute atomic E-state index is 12.7. The fourth-order valence-corrected chi connectivity index (χ4v) is 3.35. The largest absolute Gasteiger partial charge is 0.497 e. The van der Waals surface area contributed by atoms with Crippen molar-refractivity contribution in [2.75, 3.05) is 19.2 Å². The Labute approximate surface area is 172 Å². The fraction of sp³-hybridized carbons (Fsp3) is 0.136. The summed E-state index contributed by atoms with van der Waals surface area (Å²) in [5, 5.41) is 11.3. The average Bonchev–Trinajstić information content (AvgIpc) is 3.40. The Morgan fingerprint density at radius 3 is 2.90 bits per heavy atom. The number of methoxy groups -OCH3 is 1. The van der Waals surface area contributed by atoms with E-state index in [-0.39, 0.29) is 12.7 Å². The Hall–Kier alpha value is -4.07. The van der Waals surface area contributed by atoms with Crippen LogP contribution >= 0.6 is 0 Å². The molecular weight excluding hydrogens is 384 g/mol. The summed E-state index contributed by atoms with van der Waals surface area (Å²) >= 11 is 0. The average molecular weight is 402 g/mol. The van der Waals surface area contributed by atoms with Crippen LogP contribution in [-0.2, 0) is 6.54 Å². The third kappa shape index (κ3) is 3.39. The molecule has 8 nitrogen and oxygen atoms in total. The molecule has 0 aliphatic carbocycles. The van der Waals surface area contributed by atoms with Crippen molar-refractivity contribution < 1.29 is 19.0 Å². The number of aromatic nitrogens is 3. The van der Waals surface area contributed by atoms with E-state index in [0.29, 0.717) is 34.8 Å². The number of nitrogens with one attached hydrogen (secondary N) is 1. The number of nitrogens with zero attached hydrogens (tertiary/aromatic N) is 3. The van der Waals surface area contributed by atoms with E-state index in [1.165, 1.54) is 0 Å². The molecule has 0 fully saturated rings. The van der Waals surface area contributed by atoms with E-state index in [1.54, 1.807) is 42.1 Å². The smallest absolute Gasteiger partial charge is 0.255 e. The molecule has 4 aromatic rings. The van der Waals surface area contributed by atoms with Crippen LogP contribution in [0.2, 0.25) is 0 Å². The van der Waals surface area contributed by atoms with Gasteiger partial charge in [-0.3, -0.25) is 4.79 Å². The molecule has 1 aromatic heterocycles. The second-order valence-electron chi connectivity index (χ2n) is 6.82. The highest BCUT2D eigenvalue weighted by Gasteiger charge is 2.15. The first-order valence-corrected chi connectivity index (χ1v) is 9.37. The molecule has 0 saturated carbocycles. The van der Waals surface area contributed by atoms with Gasteiger partial charge in [0.15, 0.2) is 11.5 Å². The van der Waals surface area contributed by atoms with E-state index in [1.807, 2.05) is 30.3 Å². The standard InChI is InChI=1S/C22H18N4O4/c1-28-17-4-2-3-14(9-17)12-26-19-7-5-15(10-18(19)24-25-26)22(27)23-16-6-8-20-21(11-16)30-13-29-20/h2-11H,12-13H2,1H3,(H,23,27). The van der Waals surface area contributed by atoms with Crippen LogP contribution in [0.5, 0.6) is 17.2 Å². The number of carbonyl (C=O) groups is 1. The van der Waals surface area contributed by atoms with Crippen molar-refractivity contribution in [1.82, 2.24) is 15.0 Å². The normalized spacial score (nSPS) is 12.2. The molecule has 1 N–H and O–H groups in total. The number of hydrogen-bond acceptors (Lipinski definition) is 6. The Kier molecular flexibility index (Phi) is 4.44. The van der Waals surface area contributed by atoms with Crippen molar-refractivity contribution in [3.05, 3.63) is 71.8 Å². The molecule has 1 aliphatic heterocycles. The van der Waals surface area contributed by atoms with Crippen LogP contribution in [0.25, 0.3) is 11.0 Å². The number of amides is 1. The van der Waals surface area contributed by atoms with Crippen molar-refractivity contribution in [3.8, 4) is 17.2 Å². The van der Waals surface area contributed by atoms with Crippen molar-refractivity contribution in [3.63, 3.8) is 0 Å². The molecule has 0 unspecified atom stereocenters. The minimum absolute atomic E-state index is 0.189. The van der Waals surface area contributed by atoms with E-state index in [9.17, 15) is 4.79 Å². The Bertz CT molecular complexity index is 1250. The van der Waals surface area contributed by atoms with Gasteiger partial charge >= 0.3 is 0 Å². The van der Waals surface area contributed by atoms with Gasteiger partial charge < -0.3 is 19.5 Å². The summed E-state index contributed by atoms with van der Waals surface area (Å²) in [6.07, 6.45) is 0.